The zero-order valence-electron chi connectivity index (χ0n) is 4.37. The van der Waals surface area contributed by atoms with Crippen LogP contribution >= 0.6 is 11.5 Å². The number of aromatic hydroxyl groups is 1. The summed E-state index contributed by atoms with van der Waals surface area (Å²) in [7, 11) is 0. The molecule has 0 aliphatic carbocycles. The highest BCUT2D eigenvalue weighted by atomic mass is 32.1. The van der Waals surface area contributed by atoms with Gasteiger partial charge >= 0.3 is 0 Å². The predicted octanol–water partition coefficient (Wildman–Crippen LogP) is -0.0524. The van der Waals surface area contributed by atoms with Crippen LogP contribution in [-0.2, 0) is 0 Å². The highest BCUT2D eigenvalue weighted by molar-refractivity contribution is 7.07. The van der Waals surface area contributed by atoms with Crippen LogP contribution in [0.3, 0.4) is 0 Å². The van der Waals surface area contributed by atoms with Crippen LogP contribution in [0.15, 0.2) is 6.07 Å². The van der Waals surface area contributed by atoms with E-state index in [-0.39, 0.29) is 10.8 Å². The standard InChI is InChI=1S/C4H4N2O2S/c5-4(8)2-1-3(7)9-6-2/h1,7H,(H2,5,8). The fourth-order valence-electron chi connectivity index (χ4n) is 0.382. The second-order valence-electron chi connectivity index (χ2n) is 1.41. The molecule has 1 heterocycles. The summed E-state index contributed by atoms with van der Waals surface area (Å²) in [6, 6.07) is 1.23. The number of aromatic nitrogens is 1. The largest absolute Gasteiger partial charge is 0.498 e. The van der Waals surface area contributed by atoms with Gasteiger partial charge in [0.1, 0.15) is 5.69 Å². The molecule has 1 amide bonds. The molecule has 0 unspecified atom stereocenters. The molecule has 0 radical (unpaired) electrons. The minimum absolute atomic E-state index is 0.00352. The average molecular weight is 144 g/mol. The van der Waals surface area contributed by atoms with Crippen molar-refractivity contribution in [2.24, 2.45) is 5.73 Å². The number of nitrogens with two attached hydrogens (primary N) is 1. The Kier molecular flexibility index (Phi) is 1.35. The van der Waals surface area contributed by atoms with Gasteiger partial charge in [0.05, 0.1) is 0 Å². The summed E-state index contributed by atoms with van der Waals surface area (Å²) in [4.78, 5) is 10.3. The number of carbonyl (C=O) groups is 1. The summed E-state index contributed by atoms with van der Waals surface area (Å²) in [6.45, 7) is 0. The van der Waals surface area contributed by atoms with Gasteiger partial charge < -0.3 is 10.8 Å². The first-order valence-electron chi connectivity index (χ1n) is 2.15. The number of rotatable bonds is 1. The quantitative estimate of drug-likeness (QED) is 0.580. The Morgan fingerprint density at radius 2 is 2.56 bits per heavy atom. The molecule has 0 atom stereocenters. The molecule has 4 nitrogen and oxygen atoms in total. The van der Waals surface area contributed by atoms with Gasteiger partial charge in [0.15, 0.2) is 5.06 Å². The summed E-state index contributed by atoms with van der Waals surface area (Å²) in [5, 5.41) is 8.65. The van der Waals surface area contributed by atoms with E-state index in [1.54, 1.807) is 0 Å². The van der Waals surface area contributed by atoms with E-state index in [9.17, 15) is 4.79 Å². The van der Waals surface area contributed by atoms with Gasteiger partial charge in [-0.05, 0) is 0 Å². The van der Waals surface area contributed by atoms with Crippen molar-refractivity contribution in [2.45, 2.75) is 0 Å². The zero-order chi connectivity index (χ0) is 6.85. The molecule has 48 valence electrons. The van der Waals surface area contributed by atoms with Gasteiger partial charge in [-0.25, -0.2) is 0 Å². The minimum Gasteiger partial charge on any atom is -0.498 e. The van der Waals surface area contributed by atoms with Crippen molar-refractivity contribution < 1.29 is 9.90 Å². The van der Waals surface area contributed by atoms with Crippen molar-refractivity contribution in [2.75, 3.05) is 0 Å². The van der Waals surface area contributed by atoms with Gasteiger partial charge in [-0.1, -0.05) is 0 Å². The Bertz CT molecular complexity index is 232. The van der Waals surface area contributed by atoms with Crippen molar-refractivity contribution in [3.05, 3.63) is 11.8 Å². The summed E-state index contributed by atoms with van der Waals surface area (Å²) in [5.41, 5.74) is 4.93. The molecule has 0 spiro atoms. The first-order chi connectivity index (χ1) is 4.20. The van der Waals surface area contributed by atoms with E-state index in [0.29, 0.717) is 0 Å². The lowest BCUT2D eigenvalue weighted by Gasteiger charge is -1.79. The van der Waals surface area contributed by atoms with Crippen LogP contribution in [0.4, 0.5) is 0 Å². The molecule has 1 aromatic rings. The van der Waals surface area contributed by atoms with E-state index < -0.39 is 5.91 Å². The maximum atomic E-state index is 10.3. The summed E-state index contributed by atoms with van der Waals surface area (Å²) in [6.07, 6.45) is 0. The van der Waals surface area contributed by atoms with E-state index >= 15 is 0 Å². The van der Waals surface area contributed by atoms with Crippen LogP contribution < -0.4 is 5.73 Å². The van der Waals surface area contributed by atoms with Crippen molar-refractivity contribution >= 4 is 17.4 Å². The number of amides is 1. The third-order valence-electron chi connectivity index (χ3n) is 0.750. The topological polar surface area (TPSA) is 76.2 Å². The lowest BCUT2D eigenvalue weighted by molar-refractivity contribution is 0.0996. The zero-order valence-corrected chi connectivity index (χ0v) is 5.18. The van der Waals surface area contributed by atoms with Crippen LogP contribution in [0.1, 0.15) is 10.5 Å². The van der Waals surface area contributed by atoms with Gasteiger partial charge in [0.25, 0.3) is 5.91 Å². The first-order valence-corrected chi connectivity index (χ1v) is 2.93. The number of hydrogen-bond donors (Lipinski definition) is 2. The Balaban J connectivity index is 2.98. The molecule has 0 bridgehead atoms. The Labute approximate surface area is 55.1 Å². The van der Waals surface area contributed by atoms with E-state index in [1.165, 1.54) is 6.07 Å². The van der Waals surface area contributed by atoms with Crippen molar-refractivity contribution in [1.29, 1.82) is 0 Å². The molecule has 1 aromatic heterocycles. The molecule has 9 heavy (non-hydrogen) atoms. The highest BCUT2D eigenvalue weighted by Gasteiger charge is 2.03. The van der Waals surface area contributed by atoms with Gasteiger partial charge in [-0.2, -0.15) is 4.37 Å². The number of carbonyl (C=O) groups excluding carboxylic acids is 1. The van der Waals surface area contributed by atoms with Crippen LogP contribution in [0.25, 0.3) is 0 Å². The SMILES string of the molecule is NC(=O)c1cc(O)sn1. The van der Waals surface area contributed by atoms with Crippen LogP contribution in [0, 0.1) is 0 Å². The fraction of sp³-hybridized carbons (Fsp3) is 0. The molecule has 3 N–H and O–H groups in total. The van der Waals surface area contributed by atoms with Crippen molar-refractivity contribution in [3.8, 4) is 5.06 Å². The van der Waals surface area contributed by atoms with E-state index in [0.717, 1.165) is 11.5 Å². The maximum Gasteiger partial charge on any atom is 0.268 e. The van der Waals surface area contributed by atoms with E-state index in [2.05, 4.69) is 4.37 Å². The fourth-order valence-corrected chi connectivity index (χ4v) is 0.881. The highest BCUT2D eigenvalue weighted by Crippen LogP contribution is 2.15. The first kappa shape index (κ1) is 6.03. The maximum absolute atomic E-state index is 10.3. The average Bonchev–Trinajstić information content (AvgIpc) is 2.14. The van der Waals surface area contributed by atoms with E-state index in [4.69, 9.17) is 10.8 Å². The predicted molar refractivity (Wildman–Crippen MR) is 32.3 cm³/mol. The Morgan fingerprint density at radius 1 is 1.89 bits per heavy atom. The molecule has 1 rings (SSSR count). The Hall–Kier alpha value is -1.10. The van der Waals surface area contributed by atoms with Gasteiger partial charge in [0.2, 0.25) is 0 Å². The molecule has 0 saturated heterocycles. The number of primary amides is 1. The third-order valence-corrected chi connectivity index (χ3v) is 1.34. The second-order valence-corrected chi connectivity index (χ2v) is 2.20. The summed E-state index contributed by atoms with van der Waals surface area (Å²) in [5.74, 6) is -0.619. The molecule has 0 saturated carbocycles. The smallest absolute Gasteiger partial charge is 0.268 e. The van der Waals surface area contributed by atoms with Gasteiger partial charge in [-0.15, -0.1) is 0 Å². The van der Waals surface area contributed by atoms with Gasteiger partial charge in [-0.3, -0.25) is 4.79 Å². The van der Waals surface area contributed by atoms with E-state index in [1.807, 2.05) is 0 Å². The third kappa shape index (κ3) is 1.17. The molecule has 0 aliphatic heterocycles. The monoisotopic (exact) mass is 144 g/mol. The molecular formula is C4H4N2O2S. The van der Waals surface area contributed by atoms with Crippen LogP contribution in [0.2, 0.25) is 0 Å². The lowest BCUT2D eigenvalue weighted by atomic mass is 10.4. The van der Waals surface area contributed by atoms with Crippen LogP contribution in [0.5, 0.6) is 5.06 Å². The molecular weight excluding hydrogens is 140 g/mol. The molecule has 0 aromatic carbocycles. The molecule has 0 fully saturated rings. The summed E-state index contributed by atoms with van der Waals surface area (Å²) < 4.78 is 3.53. The number of nitrogens with zero attached hydrogens (tertiary/aromatic N) is 1. The van der Waals surface area contributed by atoms with Gasteiger partial charge in [0, 0.05) is 17.6 Å². The Morgan fingerprint density at radius 3 is 2.78 bits per heavy atom. The lowest BCUT2D eigenvalue weighted by Crippen LogP contribution is -2.10. The number of hydrogen-bond acceptors (Lipinski definition) is 4. The van der Waals surface area contributed by atoms with Crippen molar-refractivity contribution in [3.63, 3.8) is 0 Å². The minimum atomic E-state index is -0.619. The van der Waals surface area contributed by atoms with Crippen LogP contribution in [-0.4, -0.2) is 15.4 Å². The van der Waals surface area contributed by atoms with Crippen molar-refractivity contribution in [1.82, 2.24) is 4.37 Å². The summed E-state index contributed by atoms with van der Waals surface area (Å²) >= 11 is 0.837. The normalized spacial score (nSPS) is 9.33. The molecule has 0 aliphatic rings. The second kappa shape index (κ2) is 2.02. The molecule has 5 heteroatoms.